The fourth-order valence-electron chi connectivity index (χ4n) is 3.23. The predicted octanol–water partition coefficient (Wildman–Crippen LogP) is 3.36. The Morgan fingerprint density at radius 2 is 1.87 bits per heavy atom. The molecule has 4 rings (SSSR count). The fraction of sp³-hybridized carbons (Fsp3) is 0.227. The van der Waals surface area contributed by atoms with Crippen LogP contribution in [-0.4, -0.2) is 38.3 Å². The molecule has 0 bridgehead atoms. The number of carbonyl (C=O) groups is 1. The number of anilines is 1. The lowest BCUT2D eigenvalue weighted by Crippen LogP contribution is -2.25. The highest BCUT2D eigenvalue weighted by Crippen LogP contribution is 2.27. The van der Waals surface area contributed by atoms with E-state index in [1.165, 1.54) is 4.68 Å². The second-order valence-corrected chi connectivity index (χ2v) is 6.94. The number of nitrogens with zero attached hydrogens (tertiary/aromatic N) is 5. The maximum atomic E-state index is 12.9. The van der Waals surface area contributed by atoms with Gasteiger partial charge in [0.25, 0.3) is 5.91 Å². The first-order valence-corrected chi connectivity index (χ1v) is 9.98. The van der Waals surface area contributed by atoms with Gasteiger partial charge in [0.05, 0.1) is 17.2 Å². The molecule has 0 aliphatic carbocycles. The Morgan fingerprint density at radius 3 is 2.60 bits per heavy atom. The first-order chi connectivity index (χ1) is 14.7. The summed E-state index contributed by atoms with van der Waals surface area (Å²) >= 11 is 0. The fourth-order valence-corrected chi connectivity index (χ4v) is 3.23. The van der Waals surface area contributed by atoms with Crippen molar-refractivity contribution in [2.45, 2.75) is 26.2 Å². The van der Waals surface area contributed by atoms with Crippen LogP contribution in [0.15, 0.2) is 53.9 Å². The number of benzene rings is 1. The minimum Gasteiger partial charge on any atom is -0.383 e. The maximum Gasteiger partial charge on any atom is 0.257 e. The van der Waals surface area contributed by atoms with E-state index in [0.29, 0.717) is 34.3 Å². The van der Waals surface area contributed by atoms with E-state index >= 15 is 0 Å². The van der Waals surface area contributed by atoms with Crippen molar-refractivity contribution in [2.24, 2.45) is 5.10 Å². The molecule has 0 spiro atoms. The molecule has 0 aliphatic rings. The van der Waals surface area contributed by atoms with E-state index in [4.69, 9.17) is 5.73 Å². The summed E-state index contributed by atoms with van der Waals surface area (Å²) in [5.41, 5.74) is 9.80. The minimum absolute atomic E-state index is 0.207. The van der Waals surface area contributed by atoms with Crippen molar-refractivity contribution in [1.82, 2.24) is 24.9 Å². The smallest absolute Gasteiger partial charge is 0.257 e. The third kappa shape index (κ3) is 3.84. The van der Waals surface area contributed by atoms with Gasteiger partial charge in [-0.05, 0) is 36.2 Å². The van der Waals surface area contributed by atoms with E-state index in [1.807, 2.05) is 36.4 Å². The van der Waals surface area contributed by atoms with Gasteiger partial charge in [-0.1, -0.05) is 31.9 Å². The average molecular weight is 401 g/mol. The summed E-state index contributed by atoms with van der Waals surface area (Å²) in [6, 6.07) is 11.2. The number of hydrogen-bond donors (Lipinski definition) is 2. The van der Waals surface area contributed by atoms with Gasteiger partial charge >= 0.3 is 0 Å². The maximum absolute atomic E-state index is 12.9. The molecule has 0 atom stereocenters. The first-order valence-electron chi connectivity index (χ1n) is 9.98. The Hall–Kier alpha value is -3.81. The van der Waals surface area contributed by atoms with Crippen LogP contribution in [0.5, 0.6) is 0 Å². The number of nitrogens with one attached hydrogen (secondary N) is 1. The zero-order valence-electron chi connectivity index (χ0n) is 16.7. The van der Waals surface area contributed by atoms with E-state index in [-0.39, 0.29) is 11.7 Å². The van der Waals surface area contributed by atoms with Gasteiger partial charge < -0.3 is 11.1 Å². The summed E-state index contributed by atoms with van der Waals surface area (Å²) in [5, 5.41) is 7.42. The summed E-state index contributed by atoms with van der Waals surface area (Å²) in [7, 11) is 0. The van der Waals surface area contributed by atoms with E-state index in [2.05, 4.69) is 32.3 Å². The Morgan fingerprint density at radius 1 is 1.13 bits per heavy atom. The van der Waals surface area contributed by atoms with Crippen molar-refractivity contribution in [1.29, 1.82) is 0 Å². The molecule has 3 aromatic heterocycles. The van der Waals surface area contributed by atoms with Crippen LogP contribution in [-0.2, 0) is 0 Å². The average Bonchev–Trinajstić information content (AvgIpc) is 3.04. The quantitative estimate of drug-likeness (QED) is 0.364. The Kier molecular flexibility index (Phi) is 5.65. The molecular weight excluding hydrogens is 378 g/mol. The summed E-state index contributed by atoms with van der Waals surface area (Å²) < 4.78 is 1.47. The Balaban J connectivity index is 1.81. The SMILES string of the molecule is CCCCCNC(=O)c1c(N)n(/N=C\c2ccncc2)c2nc3ccccc3nc12. The second-order valence-electron chi connectivity index (χ2n) is 6.94. The molecule has 8 heteroatoms. The number of nitrogen functional groups attached to an aromatic ring is 1. The molecule has 3 N–H and O–H groups in total. The standard InChI is InChI=1S/C22H23N7O/c1-2-3-6-11-25-22(30)18-19-21(28-17-8-5-4-7-16(17)27-19)29(20(18)23)26-14-15-9-12-24-13-10-15/h4-5,7-10,12-14H,2-3,6,11,23H2,1H3,(H,25,30)/b26-14-. The van der Waals surface area contributed by atoms with Crippen LogP contribution in [0.4, 0.5) is 5.82 Å². The molecule has 0 saturated carbocycles. The lowest BCUT2D eigenvalue weighted by molar-refractivity contribution is 0.0955. The normalized spacial score (nSPS) is 11.5. The summed E-state index contributed by atoms with van der Waals surface area (Å²) in [4.78, 5) is 26.3. The van der Waals surface area contributed by atoms with E-state index in [0.717, 1.165) is 24.8 Å². The van der Waals surface area contributed by atoms with Crippen LogP contribution >= 0.6 is 0 Å². The summed E-state index contributed by atoms with van der Waals surface area (Å²) in [6.07, 6.45) is 8.06. The number of hydrogen-bond acceptors (Lipinski definition) is 6. The molecule has 8 nitrogen and oxygen atoms in total. The van der Waals surface area contributed by atoms with E-state index < -0.39 is 0 Å². The second kappa shape index (κ2) is 8.69. The van der Waals surface area contributed by atoms with Gasteiger partial charge in [0.2, 0.25) is 0 Å². The van der Waals surface area contributed by atoms with Crippen molar-refractivity contribution in [3.8, 4) is 0 Å². The molecule has 3 heterocycles. The van der Waals surface area contributed by atoms with Crippen molar-refractivity contribution in [3.05, 3.63) is 59.9 Å². The van der Waals surface area contributed by atoms with Crippen LogP contribution in [0.25, 0.3) is 22.2 Å². The van der Waals surface area contributed by atoms with Gasteiger partial charge in [-0.15, -0.1) is 0 Å². The molecule has 1 amide bonds. The number of pyridine rings is 1. The van der Waals surface area contributed by atoms with E-state index in [9.17, 15) is 4.79 Å². The van der Waals surface area contributed by atoms with Crippen molar-refractivity contribution >= 4 is 40.1 Å². The lowest BCUT2D eigenvalue weighted by Gasteiger charge is -2.04. The summed E-state index contributed by atoms with van der Waals surface area (Å²) in [5.74, 6) is -0.0605. The molecule has 4 aromatic rings. The molecule has 0 fully saturated rings. The number of aromatic nitrogens is 4. The lowest BCUT2D eigenvalue weighted by atomic mass is 10.2. The number of unbranched alkanes of at least 4 members (excludes halogenated alkanes) is 2. The number of rotatable bonds is 7. The molecule has 0 radical (unpaired) electrons. The van der Waals surface area contributed by atoms with Crippen molar-refractivity contribution in [2.75, 3.05) is 12.3 Å². The Bertz CT molecular complexity index is 1210. The molecule has 0 unspecified atom stereocenters. The Labute approximate surface area is 173 Å². The first kappa shape index (κ1) is 19.5. The summed E-state index contributed by atoms with van der Waals surface area (Å²) in [6.45, 7) is 2.70. The zero-order valence-corrected chi connectivity index (χ0v) is 16.7. The van der Waals surface area contributed by atoms with Crippen LogP contribution in [0.2, 0.25) is 0 Å². The highest BCUT2D eigenvalue weighted by Gasteiger charge is 2.23. The third-order valence-electron chi connectivity index (χ3n) is 4.80. The minimum atomic E-state index is -0.268. The van der Waals surface area contributed by atoms with Gasteiger partial charge in [0, 0.05) is 18.9 Å². The number of fused-ring (bicyclic) bond motifs is 2. The molecule has 0 saturated heterocycles. The van der Waals surface area contributed by atoms with Crippen molar-refractivity contribution < 1.29 is 4.79 Å². The van der Waals surface area contributed by atoms with Crippen molar-refractivity contribution in [3.63, 3.8) is 0 Å². The number of nitrogens with two attached hydrogens (primary N) is 1. The topological polar surface area (TPSA) is 111 Å². The van der Waals surface area contributed by atoms with E-state index in [1.54, 1.807) is 18.6 Å². The largest absolute Gasteiger partial charge is 0.383 e. The van der Waals surface area contributed by atoms with Crippen LogP contribution in [0, 0.1) is 0 Å². The van der Waals surface area contributed by atoms with Crippen LogP contribution < -0.4 is 11.1 Å². The van der Waals surface area contributed by atoms with Crippen LogP contribution in [0.3, 0.4) is 0 Å². The molecule has 1 aromatic carbocycles. The van der Waals surface area contributed by atoms with Gasteiger partial charge in [-0.3, -0.25) is 9.78 Å². The van der Waals surface area contributed by atoms with Gasteiger partial charge in [-0.25, -0.2) is 9.97 Å². The van der Waals surface area contributed by atoms with Gasteiger partial charge in [-0.2, -0.15) is 9.78 Å². The van der Waals surface area contributed by atoms with Gasteiger partial charge in [0.1, 0.15) is 16.9 Å². The molecule has 30 heavy (non-hydrogen) atoms. The van der Waals surface area contributed by atoms with Crippen LogP contribution in [0.1, 0.15) is 42.1 Å². The molecule has 152 valence electrons. The number of amides is 1. The third-order valence-corrected chi connectivity index (χ3v) is 4.80. The molecular formula is C22H23N7O. The highest BCUT2D eigenvalue weighted by atomic mass is 16.1. The number of para-hydroxylation sites is 2. The number of carbonyl (C=O) groups excluding carboxylic acids is 1. The zero-order chi connectivity index (χ0) is 20.9. The highest BCUT2D eigenvalue weighted by molar-refractivity contribution is 6.10. The monoisotopic (exact) mass is 401 g/mol. The van der Waals surface area contributed by atoms with Gasteiger partial charge in [0.15, 0.2) is 5.65 Å². The molecule has 0 aliphatic heterocycles. The predicted molar refractivity (Wildman–Crippen MR) is 119 cm³/mol.